The van der Waals surface area contributed by atoms with Gasteiger partial charge < -0.3 is 4.98 Å². The van der Waals surface area contributed by atoms with Crippen LogP contribution in [-0.4, -0.2) is 21.5 Å². The first-order chi connectivity index (χ1) is 9.65. The maximum absolute atomic E-state index is 12.3. The number of nitrogens with zero attached hydrogens (tertiary/aromatic N) is 1. The monoisotopic (exact) mass is 264 g/mol. The van der Waals surface area contributed by atoms with Crippen molar-refractivity contribution in [1.82, 2.24) is 9.97 Å². The Morgan fingerprint density at radius 3 is 2.55 bits per heavy atom. The normalized spacial score (nSPS) is 10.7. The highest BCUT2D eigenvalue weighted by Gasteiger charge is 2.13. The third-order valence-corrected chi connectivity index (χ3v) is 3.18. The molecular formula is C16H12N2O2. The average molecular weight is 264 g/mol. The maximum atomic E-state index is 12.3. The largest absolute Gasteiger partial charge is 0.352 e. The van der Waals surface area contributed by atoms with E-state index >= 15 is 0 Å². The van der Waals surface area contributed by atoms with Gasteiger partial charge in [-0.25, -0.2) is 0 Å². The molecule has 0 spiro atoms. The van der Waals surface area contributed by atoms with E-state index in [1.165, 1.54) is 13.1 Å². The van der Waals surface area contributed by atoms with Crippen LogP contribution < -0.4 is 0 Å². The van der Waals surface area contributed by atoms with E-state index < -0.39 is 0 Å². The number of pyridine rings is 1. The Bertz CT molecular complexity index is 768. The summed E-state index contributed by atoms with van der Waals surface area (Å²) in [5.41, 5.74) is 2.23. The maximum Gasteiger partial charge on any atom is 0.227 e. The van der Waals surface area contributed by atoms with Gasteiger partial charge in [-0.2, -0.15) is 0 Å². The Morgan fingerprint density at radius 1 is 1.10 bits per heavy atom. The number of ketones is 2. The van der Waals surface area contributed by atoms with E-state index in [4.69, 9.17) is 0 Å². The van der Waals surface area contributed by atoms with E-state index in [1.54, 1.807) is 18.2 Å². The zero-order valence-corrected chi connectivity index (χ0v) is 10.9. The third-order valence-electron chi connectivity index (χ3n) is 3.18. The van der Waals surface area contributed by atoms with Crippen LogP contribution in [0.4, 0.5) is 0 Å². The molecule has 3 aromatic rings. The van der Waals surface area contributed by atoms with Crippen molar-refractivity contribution < 1.29 is 9.59 Å². The van der Waals surface area contributed by atoms with E-state index in [9.17, 15) is 9.59 Å². The van der Waals surface area contributed by atoms with Crippen molar-refractivity contribution in [3.63, 3.8) is 0 Å². The second-order valence-corrected chi connectivity index (χ2v) is 4.59. The van der Waals surface area contributed by atoms with Crippen molar-refractivity contribution in [2.24, 2.45) is 0 Å². The Labute approximate surface area is 115 Å². The number of nitrogens with one attached hydrogen (secondary N) is 1. The number of para-hydroxylation sites is 1. The van der Waals surface area contributed by atoms with Crippen molar-refractivity contribution in [2.75, 3.05) is 0 Å². The zero-order valence-electron chi connectivity index (χ0n) is 10.9. The van der Waals surface area contributed by atoms with Crippen LogP contribution in [0.25, 0.3) is 10.9 Å². The van der Waals surface area contributed by atoms with Crippen molar-refractivity contribution in [3.8, 4) is 0 Å². The SMILES string of the molecule is CC(=O)c1ccc(C(=O)c2cc3ccccc3[nH]2)nc1. The van der Waals surface area contributed by atoms with Gasteiger partial charge in [0.1, 0.15) is 5.69 Å². The molecule has 4 heteroatoms. The molecule has 0 fully saturated rings. The Hall–Kier alpha value is -2.75. The zero-order chi connectivity index (χ0) is 14.1. The molecule has 2 heterocycles. The van der Waals surface area contributed by atoms with E-state index in [-0.39, 0.29) is 11.6 Å². The van der Waals surface area contributed by atoms with Crippen molar-refractivity contribution >= 4 is 22.5 Å². The predicted molar refractivity (Wildman–Crippen MR) is 76.0 cm³/mol. The fraction of sp³-hybridized carbons (Fsp3) is 0.0625. The lowest BCUT2D eigenvalue weighted by atomic mass is 10.1. The standard InChI is InChI=1S/C16H12N2O2/c1-10(19)12-6-7-14(17-9-12)16(20)15-8-11-4-2-3-5-13(11)18-15/h2-9,18H,1H3. The number of rotatable bonds is 3. The number of aromatic nitrogens is 2. The lowest BCUT2D eigenvalue weighted by Crippen LogP contribution is -2.05. The molecule has 98 valence electrons. The Balaban J connectivity index is 1.97. The number of hydrogen-bond acceptors (Lipinski definition) is 3. The highest BCUT2D eigenvalue weighted by molar-refractivity contribution is 6.09. The quantitative estimate of drug-likeness (QED) is 0.740. The molecule has 20 heavy (non-hydrogen) atoms. The van der Waals surface area contributed by atoms with Crippen molar-refractivity contribution in [3.05, 3.63) is 65.6 Å². The minimum atomic E-state index is -0.184. The van der Waals surface area contributed by atoms with Crippen LogP contribution in [0.1, 0.15) is 33.5 Å². The van der Waals surface area contributed by atoms with E-state index in [0.717, 1.165) is 10.9 Å². The number of Topliss-reactive ketones (excluding diaryl/α,β-unsaturated/α-hetero) is 1. The lowest BCUT2D eigenvalue weighted by molar-refractivity contribution is 0.100. The van der Waals surface area contributed by atoms with Gasteiger partial charge in [-0.15, -0.1) is 0 Å². The second kappa shape index (κ2) is 4.74. The van der Waals surface area contributed by atoms with Crippen LogP contribution >= 0.6 is 0 Å². The summed E-state index contributed by atoms with van der Waals surface area (Å²) in [5, 5.41) is 0.983. The first kappa shape index (κ1) is 12.3. The van der Waals surface area contributed by atoms with Gasteiger partial charge in [0.25, 0.3) is 0 Å². The number of aromatic amines is 1. The minimum Gasteiger partial charge on any atom is -0.352 e. The number of carbonyl (C=O) groups is 2. The van der Waals surface area contributed by atoms with Crippen molar-refractivity contribution in [1.29, 1.82) is 0 Å². The van der Waals surface area contributed by atoms with Gasteiger partial charge in [0, 0.05) is 22.7 Å². The van der Waals surface area contributed by atoms with E-state index in [2.05, 4.69) is 9.97 Å². The Morgan fingerprint density at radius 2 is 1.90 bits per heavy atom. The fourth-order valence-corrected chi connectivity index (χ4v) is 2.07. The highest BCUT2D eigenvalue weighted by Crippen LogP contribution is 2.17. The van der Waals surface area contributed by atoms with Crippen LogP contribution in [0.2, 0.25) is 0 Å². The fourth-order valence-electron chi connectivity index (χ4n) is 2.07. The molecule has 3 rings (SSSR count). The second-order valence-electron chi connectivity index (χ2n) is 4.59. The number of H-pyrrole nitrogens is 1. The van der Waals surface area contributed by atoms with Crippen molar-refractivity contribution in [2.45, 2.75) is 6.92 Å². The summed E-state index contributed by atoms with van der Waals surface area (Å²) in [5.74, 6) is -0.251. The molecule has 0 atom stereocenters. The third kappa shape index (κ3) is 2.12. The van der Waals surface area contributed by atoms with Gasteiger partial charge in [-0.3, -0.25) is 14.6 Å². The molecule has 1 N–H and O–H groups in total. The van der Waals surface area contributed by atoms with Gasteiger partial charge in [0.05, 0.1) is 5.69 Å². The minimum absolute atomic E-state index is 0.0675. The molecule has 1 aromatic carbocycles. The summed E-state index contributed by atoms with van der Waals surface area (Å²) in [7, 11) is 0. The molecule has 0 unspecified atom stereocenters. The average Bonchev–Trinajstić information content (AvgIpc) is 2.90. The molecule has 4 nitrogen and oxygen atoms in total. The number of hydrogen-bond donors (Lipinski definition) is 1. The van der Waals surface area contributed by atoms with Gasteiger partial charge in [-0.05, 0) is 31.2 Å². The smallest absolute Gasteiger partial charge is 0.227 e. The highest BCUT2D eigenvalue weighted by atomic mass is 16.1. The molecule has 0 saturated carbocycles. The topological polar surface area (TPSA) is 62.8 Å². The molecular weight excluding hydrogens is 252 g/mol. The molecule has 0 radical (unpaired) electrons. The van der Waals surface area contributed by atoms with Crippen LogP contribution in [0, 0.1) is 0 Å². The number of fused-ring (bicyclic) bond motifs is 1. The number of benzene rings is 1. The molecule has 0 aliphatic heterocycles. The summed E-state index contributed by atoms with van der Waals surface area (Å²) >= 11 is 0. The van der Waals surface area contributed by atoms with Gasteiger partial charge in [0.15, 0.2) is 5.78 Å². The van der Waals surface area contributed by atoms with Crippen LogP contribution in [-0.2, 0) is 0 Å². The molecule has 0 aliphatic rings. The summed E-state index contributed by atoms with van der Waals surface area (Å²) in [6.07, 6.45) is 1.43. The van der Waals surface area contributed by atoms with Gasteiger partial charge in [0.2, 0.25) is 5.78 Å². The molecule has 2 aromatic heterocycles. The van der Waals surface area contributed by atoms with Gasteiger partial charge >= 0.3 is 0 Å². The summed E-state index contributed by atoms with van der Waals surface area (Å²) in [6.45, 7) is 1.47. The first-order valence-electron chi connectivity index (χ1n) is 6.24. The molecule has 0 bridgehead atoms. The van der Waals surface area contributed by atoms with Crippen LogP contribution in [0.3, 0.4) is 0 Å². The Kier molecular flexibility index (Phi) is 2.91. The van der Waals surface area contributed by atoms with E-state index in [0.29, 0.717) is 17.0 Å². The van der Waals surface area contributed by atoms with Gasteiger partial charge in [-0.1, -0.05) is 18.2 Å². The molecule has 0 saturated heterocycles. The van der Waals surface area contributed by atoms with Crippen LogP contribution in [0.5, 0.6) is 0 Å². The first-order valence-corrected chi connectivity index (χ1v) is 6.24. The predicted octanol–water partition coefficient (Wildman–Crippen LogP) is 3.00. The van der Waals surface area contributed by atoms with E-state index in [1.807, 2.05) is 24.3 Å². The summed E-state index contributed by atoms with van der Waals surface area (Å²) in [4.78, 5) is 30.6. The summed E-state index contributed by atoms with van der Waals surface area (Å²) < 4.78 is 0. The number of carbonyl (C=O) groups excluding carboxylic acids is 2. The molecule has 0 aliphatic carbocycles. The molecule has 0 amide bonds. The lowest BCUT2D eigenvalue weighted by Gasteiger charge is -1.99. The van der Waals surface area contributed by atoms with Crippen LogP contribution in [0.15, 0.2) is 48.7 Å². The summed E-state index contributed by atoms with van der Waals surface area (Å²) in [6, 6.07) is 12.7.